The van der Waals surface area contributed by atoms with Gasteiger partial charge in [-0.2, -0.15) is 13.2 Å². The first kappa shape index (κ1) is 18.2. The molecule has 27 heavy (non-hydrogen) atoms. The second kappa shape index (κ2) is 5.90. The Morgan fingerprint density at radius 2 is 1.89 bits per heavy atom. The van der Waals surface area contributed by atoms with Gasteiger partial charge in [-0.15, -0.1) is 0 Å². The molecule has 10 heteroatoms. The molecule has 142 valence electrons. The first-order valence-corrected chi connectivity index (χ1v) is 8.79. The Morgan fingerprint density at radius 1 is 1.22 bits per heavy atom. The summed E-state index contributed by atoms with van der Waals surface area (Å²) < 4.78 is 43.9. The van der Waals surface area contributed by atoms with E-state index in [0.29, 0.717) is 5.69 Å². The number of anilines is 1. The van der Waals surface area contributed by atoms with Crippen molar-refractivity contribution in [2.24, 2.45) is 11.8 Å². The van der Waals surface area contributed by atoms with Crippen molar-refractivity contribution >= 4 is 39.3 Å². The van der Waals surface area contributed by atoms with Crippen molar-refractivity contribution in [2.75, 3.05) is 11.4 Å². The molecular formula is C17H12BrF3N2O4. The monoisotopic (exact) mass is 444 g/mol. The van der Waals surface area contributed by atoms with Crippen LogP contribution in [0.1, 0.15) is 0 Å². The Labute approximate surface area is 159 Å². The lowest BCUT2D eigenvalue weighted by atomic mass is 9.77. The number of halogens is 4. The smallest absolute Gasteiger partial charge is 0.360 e. The van der Waals surface area contributed by atoms with Crippen LogP contribution in [0.15, 0.2) is 40.9 Å². The highest BCUT2D eigenvalue weighted by molar-refractivity contribution is 9.10. The van der Waals surface area contributed by atoms with Crippen molar-refractivity contribution in [3.63, 3.8) is 0 Å². The van der Waals surface area contributed by atoms with Crippen LogP contribution in [0.3, 0.4) is 0 Å². The quantitative estimate of drug-likeness (QED) is 0.570. The van der Waals surface area contributed by atoms with Crippen molar-refractivity contribution in [3.05, 3.63) is 40.9 Å². The molecule has 3 amide bonds. The first-order chi connectivity index (χ1) is 12.6. The summed E-state index contributed by atoms with van der Waals surface area (Å²) in [5.74, 6) is -4.96. The Morgan fingerprint density at radius 3 is 2.52 bits per heavy atom. The minimum Gasteiger partial charge on any atom is -0.360 e. The molecule has 1 aromatic rings. The lowest BCUT2D eigenvalue weighted by Gasteiger charge is -2.29. The van der Waals surface area contributed by atoms with E-state index in [1.54, 1.807) is 35.7 Å². The van der Waals surface area contributed by atoms with E-state index >= 15 is 0 Å². The van der Waals surface area contributed by atoms with Gasteiger partial charge in [0.1, 0.15) is 5.60 Å². The average molecular weight is 445 g/mol. The second-order valence-corrected chi connectivity index (χ2v) is 7.48. The number of benzene rings is 1. The SMILES string of the molecule is O=C1[C@H]2[C@H]3C=C[C@@](CNC(=O)C(F)(F)F)(O3)[C@H]2C(=O)N1c1ccc(Br)cc1. The average Bonchev–Trinajstić information content (AvgIpc) is 3.24. The molecule has 0 unspecified atom stereocenters. The van der Waals surface area contributed by atoms with Crippen LogP contribution in [0.4, 0.5) is 18.9 Å². The maximum absolute atomic E-state index is 13.0. The van der Waals surface area contributed by atoms with Gasteiger partial charge in [0.2, 0.25) is 11.8 Å². The number of hydrogen-bond donors (Lipinski definition) is 1. The van der Waals surface area contributed by atoms with E-state index in [2.05, 4.69) is 15.9 Å². The highest BCUT2D eigenvalue weighted by Crippen LogP contribution is 2.52. The van der Waals surface area contributed by atoms with Crippen LogP contribution in [0.25, 0.3) is 0 Å². The third kappa shape index (κ3) is 2.69. The van der Waals surface area contributed by atoms with Crippen LogP contribution in [-0.4, -0.2) is 42.1 Å². The van der Waals surface area contributed by atoms with E-state index < -0.39 is 54.0 Å². The summed E-state index contributed by atoms with van der Waals surface area (Å²) in [7, 11) is 0. The number of imide groups is 1. The van der Waals surface area contributed by atoms with Gasteiger partial charge in [-0.05, 0) is 24.3 Å². The van der Waals surface area contributed by atoms with Crippen LogP contribution in [-0.2, 0) is 19.1 Å². The maximum Gasteiger partial charge on any atom is 0.471 e. The molecule has 2 saturated heterocycles. The fourth-order valence-electron chi connectivity index (χ4n) is 3.87. The van der Waals surface area contributed by atoms with Gasteiger partial charge in [0.05, 0.1) is 30.2 Å². The number of amides is 3. The molecule has 0 saturated carbocycles. The van der Waals surface area contributed by atoms with Crippen molar-refractivity contribution in [3.8, 4) is 0 Å². The summed E-state index contributed by atoms with van der Waals surface area (Å²) in [6.07, 6.45) is -2.74. The molecule has 2 bridgehead atoms. The van der Waals surface area contributed by atoms with Gasteiger partial charge in [-0.1, -0.05) is 28.1 Å². The minimum absolute atomic E-state index is 0.372. The molecular weight excluding hydrogens is 433 g/mol. The standard InChI is InChI=1S/C17H12BrF3N2O4/c18-8-1-3-9(4-2-8)23-13(24)11-10-5-6-16(27-10,12(11)14(23)25)7-22-15(26)17(19,20)21/h1-6,10-12H,7H2,(H,22,26)/t10-,11+,12-,16+/m1/s1. The molecule has 0 aliphatic carbocycles. The van der Waals surface area contributed by atoms with E-state index in [0.717, 1.165) is 9.37 Å². The van der Waals surface area contributed by atoms with E-state index in [9.17, 15) is 27.6 Å². The molecule has 1 aromatic carbocycles. The van der Waals surface area contributed by atoms with Gasteiger partial charge in [0, 0.05) is 4.47 Å². The molecule has 3 aliphatic rings. The molecule has 4 rings (SSSR count). The second-order valence-electron chi connectivity index (χ2n) is 6.57. The summed E-state index contributed by atoms with van der Waals surface area (Å²) in [4.78, 5) is 38.0. The molecule has 1 N–H and O–H groups in total. The summed E-state index contributed by atoms with van der Waals surface area (Å²) in [6.45, 7) is -0.549. The number of nitrogens with one attached hydrogen (secondary N) is 1. The third-order valence-electron chi connectivity index (χ3n) is 5.02. The van der Waals surface area contributed by atoms with Gasteiger partial charge in [-0.25, -0.2) is 4.90 Å². The van der Waals surface area contributed by atoms with Gasteiger partial charge < -0.3 is 10.1 Å². The van der Waals surface area contributed by atoms with Crippen molar-refractivity contribution in [2.45, 2.75) is 17.9 Å². The first-order valence-electron chi connectivity index (χ1n) is 8.00. The summed E-state index contributed by atoms with van der Waals surface area (Å²) in [5, 5.41) is 1.76. The molecule has 3 aliphatic heterocycles. The molecule has 0 spiro atoms. The molecule has 4 atom stereocenters. The van der Waals surface area contributed by atoms with Crippen LogP contribution >= 0.6 is 15.9 Å². The van der Waals surface area contributed by atoms with Crippen LogP contribution < -0.4 is 10.2 Å². The number of nitrogens with zero attached hydrogens (tertiary/aromatic N) is 1. The number of rotatable bonds is 3. The fraction of sp³-hybridized carbons (Fsp3) is 0.353. The number of ether oxygens (including phenoxy) is 1. The molecule has 0 radical (unpaired) electrons. The Balaban J connectivity index is 1.62. The van der Waals surface area contributed by atoms with Crippen molar-refractivity contribution < 1.29 is 32.3 Å². The zero-order valence-corrected chi connectivity index (χ0v) is 15.1. The number of fused-ring (bicyclic) bond motifs is 5. The minimum atomic E-state index is -5.05. The topological polar surface area (TPSA) is 75.7 Å². The van der Waals surface area contributed by atoms with Gasteiger partial charge in [-0.3, -0.25) is 14.4 Å². The number of carbonyl (C=O) groups excluding carboxylic acids is 3. The normalized spacial score (nSPS) is 31.6. The third-order valence-corrected chi connectivity index (χ3v) is 5.55. The lowest BCUT2D eigenvalue weighted by Crippen LogP contribution is -2.51. The highest BCUT2D eigenvalue weighted by Gasteiger charge is 2.68. The van der Waals surface area contributed by atoms with Gasteiger partial charge in [0.15, 0.2) is 0 Å². The van der Waals surface area contributed by atoms with Crippen molar-refractivity contribution in [1.29, 1.82) is 0 Å². The fourth-order valence-corrected chi connectivity index (χ4v) is 4.13. The number of alkyl halides is 3. The Bertz CT molecular complexity index is 870. The molecule has 6 nitrogen and oxygen atoms in total. The zero-order valence-electron chi connectivity index (χ0n) is 13.5. The molecule has 2 fully saturated rings. The Kier molecular flexibility index (Phi) is 3.97. The highest BCUT2D eigenvalue weighted by atomic mass is 79.9. The maximum atomic E-state index is 13.0. The van der Waals surface area contributed by atoms with E-state index in [1.165, 1.54) is 6.08 Å². The van der Waals surface area contributed by atoms with Gasteiger partial charge >= 0.3 is 12.1 Å². The van der Waals surface area contributed by atoms with Crippen LogP contribution in [0.2, 0.25) is 0 Å². The van der Waals surface area contributed by atoms with Gasteiger partial charge in [0.25, 0.3) is 0 Å². The summed E-state index contributed by atoms with van der Waals surface area (Å²) in [5.41, 5.74) is -1.09. The molecule has 0 aromatic heterocycles. The van der Waals surface area contributed by atoms with E-state index in [4.69, 9.17) is 4.74 Å². The molecule has 3 heterocycles. The van der Waals surface area contributed by atoms with Crippen molar-refractivity contribution in [1.82, 2.24) is 5.32 Å². The predicted molar refractivity (Wildman–Crippen MR) is 89.4 cm³/mol. The summed E-state index contributed by atoms with van der Waals surface area (Å²) >= 11 is 3.27. The van der Waals surface area contributed by atoms with Crippen LogP contribution in [0.5, 0.6) is 0 Å². The predicted octanol–water partition coefficient (Wildman–Crippen LogP) is 1.94. The summed E-state index contributed by atoms with van der Waals surface area (Å²) in [6, 6.07) is 6.53. The number of carbonyl (C=O) groups is 3. The zero-order chi connectivity index (χ0) is 19.6. The lowest BCUT2D eigenvalue weighted by molar-refractivity contribution is -0.174. The largest absolute Gasteiger partial charge is 0.471 e. The van der Waals surface area contributed by atoms with E-state index in [1.807, 2.05) is 0 Å². The van der Waals surface area contributed by atoms with E-state index in [-0.39, 0.29) is 0 Å². The number of hydrogen-bond acceptors (Lipinski definition) is 4. The Hall–Kier alpha value is -2.20. The van der Waals surface area contributed by atoms with Crippen LogP contribution in [0, 0.1) is 11.8 Å².